The van der Waals surface area contributed by atoms with Crippen molar-refractivity contribution < 1.29 is 13.9 Å². The zero-order chi connectivity index (χ0) is 20.2. The minimum absolute atomic E-state index is 0.0273. The Morgan fingerprint density at radius 1 is 1.17 bits per heavy atom. The van der Waals surface area contributed by atoms with E-state index in [4.69, 9.17) is 21.1 Å². The van der Waals surface area contributed by atoms with E-state index in [0.29, 0.717) is 41.7 Å². The van der Waals surface area contributed by atoms with Gasteiger partial charge in [-0.25, -0.2) is 19.3 Å². The first-order chi connectivity index (χ1) is 14.1. The normalized spacial score (nSPS) is 10.9. The summed E-state index contributed by atoms with van der Waals surface area (Å²) in [5, 5.41) is 3.89. The molecule has 0 atom stereocenters. The first-order valence-electron chi connectivity index (χ1n) is 8.77. The minimum Gasteiger partial charge on any atom is -0.493 e. The van der Waals surface area contributed by atoms with E-state index in [1.165, 1.54) is 18.5 Å². The zero-order valence-corrected chi connectivity index (χ0v) is 16.2. The highest BCUT2D eigenvalue weighted by molar-refractivity contribution is 6.31. The fraction of sp³-hybridized carbons (Fsp3) is 0.150. The van der Waals surface area contributed by atoms with Gasteiger partial charge in [-0.15, -0.1) is 0 Å². The van der Waals surface area contributed by atoms with Crippen LogP contribution in [0.3, 0.4) is 0 Å². The quantitative estimate of drug-likeness (QED) is 0.482. The number of fused-ring (bicyclic) bond motifs is 1. The molecule has 0 aliphatic rings. The first kappa shape index (κ1) is 18.9. The second kappa shape index (κ2) is 8.32. The number of methoxy groups -OCH3 is 1. The van der Waals surface area contributed by atoms with Gasteiger partial charge in [0.2, 0.25) is 0 Å². The van der Waals surface area contributed by atoms with E-state index in [2.05, 4.69) is 20.3 Å². The van der Waals surface area contributed by atoms with Crippen molar-refractivity contribution in [3.8, 4) is 11.5 Å². The number of benzene rings is 2. The first-order valence-corrected chi connectivity index (χ1v) is 9.15. The van der Waals surface area contributed by atoms with Crippen molar-refractivity contribution in [2.75, 3.05) is 19.0 Å². The second-order valence-electron chi connectivity index (χ2n) is 6.15. The molecule has 0 spiro atoms. The highest BCUT2D eigenvalue weighted by Crippen LogP contribution is 2.35. The summed E-state index contributed by atoms with van der Waals surface area (Å²) < 4.78 is 26.7. The molecule has 0 aliphatic carbocycles. The summed E-state index contributed by atoms with van der Waals surface area (Å²) in [6.07, 6.45) is 6.76. The molecule has 0 amide bonds. The SMILES string of the molecule is COc1cc2c(Nc3ccc(F)c(Cl)c3)ncnc2cc1OCCn1ccnc1. The average Bonchev–Trinajstić information content (AvgIpc) is 3.24. The maximum absolute atomic E-state index is 13.4. The molecule has 2 aromatic heterocycles. The van der Waals surface area contributed by atoms with Gasteiger partial charge in [0.25, 0.3) is 0 Å². The van der Waals surface area contributed by atoms with Gasteiger partial charge in [0.05, 0.1) is 30.5 Å². The maximum Gasteiger partial charge on any atom is 0.163 e. The standard InChI is InChI=1S/C20H17ClFN5O2/c1-28-18-9-14-17(10-19(18)29-7-6-27-5-4-23-12-27)24-11-25-20(14)26-13-2-3-16(22)15(21)8-13/h2-5,8-12H,6-7H2,1H3,(H,24,25,26). The number of halogens is 2. The van der Waals surface area contributed by atoms with Crippen molar-refractivity contribution in [1.29, 1.82) is 0 Å². The second-order valence-corrected chi connectivity index (χ2v) is 6.55. The summed E-state index contributed by atoms with van der Waals surface area (Å²) in [5.41, 5.74) is 1.28. The topological polar surface area (TPSA) is 74.1 Å². The van der Waals surface area contributed by atoms with Crippen LogP contribution in [0.4, 0.5) is 15.9 Å². The lowest BCUT2D eigenvalue weighted by Crippen LogP contribution is -2.07. The molecule has 1 N–H and O–H groups in total. The Hall–Kier alpha value is -3.39. The smallest absolute Gasteiger partial charge is 0.163 e. The van der Waals surface area contributed by atoms with Crippen LogP contribution in [-0.4, -0.2) is 33.2 Å². The van der Waals surface area contributed by atoms with Crippen LogP contribution in [0.2, 0.25) is 5.02 Å². The van der Waals surface area contributed by atoms with Gasteiger partial charge in [-0.1, -0.05) is 11.6 Å². The fourth-order valence-corrected chi connectivity index (χ4v) is 3.01. The van der Waals surface area contributed by atoms with Gasteiger partial charge in [-0.2, -0.15) is 0 Å². The lowest BCUT2D eigenvalue weighted by Gasteiger charge is -2.14. The molecule has 0 fully saturated rings. The molecule has 2 aromatic carbocycles. The van der Waals surface area contributed by atoms with Crippen molar-refractivity contribution in [2.24, 2.45) is 0 Å². The zero-order valence-electron chi connectivity index (χ0n) is 15.5. The van der Waals surface area contributed by atoms with Crippen molar-refractivity contribution in [1.82, 2.24) is 19.5 Å². The molecule has 0 unspecified atom stereocenters. The molecular weight excluding hydrogens is 397 g/mol. The molecule has 4 rings (SSSR count). The predicted octanol–water partition coefficient (Wildman–Crippen LogP) is 4.45. The van der Waals surface area contributed by atoms with Crippen molar-refractivity contribution in [3.63, 3.8) is 0 Å². The van der Waals surface area contributed by atoms with Crippen LogP contribution in [0.1, 0.15) is 0 Å². The van der Waals surface area contributed by atoms with Crippen molar-refractivity contribution in [3.05, 3.63) is 66.2 Å². The largest absolute Gasteiger partial charge is 0.493 e. The van der Waals surface area contributed by atoms with Crippen LogP contribution >= 0.6 is 11.6 Å². The van der Waals surface area contributed by atoms with E-state index in [0.717, 1.165) is 5.39 Å². The third-order valence-corrected chi connectivity index (χ3v) is 4.56. The summed E-state index contributed by atoms with van der Waals surface area (Å²) in [4.78, 5) is 12.6. The minimum atomic E-state index is -0.482. The van der Waals surface area contributed by atoms with E-state index in [-0.39, 0.29) is 5.02 Å². The lowest BCUT2D eigenvalue weighted by molar-refractivity contribution is 0.280. The van der Waals surface area contributed by atoms with Crippen molar-refractivity contribution >= 4 is 34.0 Å². The number of anilines is 2. The number of ether oxygens (including phenoxy) is 2. The van der Waals surface area contributed by atoms with E-state index < -0.39 is 5.82 Å². The Labute approximate surface area is 171 Å². The number of nitrogens with one attached hydrogen (secondary N) is 1. The fourth-order valence-electron chi connectivity index (χ4n) is 2.83. The number of aromatic nitrogens is 4. The van der Waals surface area contributed by atoms with Crippen LogP contribution in [0.15, 0.2) is 55.4 Å². The van der Waals surface area contributed by atoms with Gasteiger partial charge < -0.3 is 19.4 Å². The summed E-state index contributed by atoms with van der Waals surface area (Å²) in [6, 6.07) is 7.97. The number of nitrogens with zero attached hydrogens (tertiary/aromatic N) is 4. The van der Waals surface area contributed by atoms with Gasteiger partial charge in [0.15, 0.2) is 11.5 Å². The summed E-state index contributed by atoms with van der Waals surface area (Å²) in [5.74, 6) is 1.19. The summed E-state index contributed by atoms with van der Waals surface area (Å²) >= 11 is 5.86. The molecule has 0 saturated carbocycles. The summed E-state index contributed by atoms with van der Waals surface area (Å²) in [7, 11) is 1.57. The van der Waals surface area contributed by atoms with Crippen molar-refractivity contribution in [2.45, 2.75) is 6.54 Å². The predicted molar refractivity (Wildman–Crippen MR) is 109 cm³/mol. The monoisotopic (exact) mass is 413 g/mol. The molecule has 0 aliphatic heterocycles. The van der Waals surface area contributed by atoms with Crippen LogP contribution in [0, 0.1) is 5.82 Å². The summed E-state index contributed by atoms with van der Waals surface area (Å²) in [6.45, 7) is 1.10. The Morgan fingerprint density at radius 3 is 2.83 bits per heavy atom. The number of hydrogen-bond acceptors (Lipinski definition) is 6. The molecule has 0 radical (unpaired) electrons. The van der Waals surface area contributed by atoms with Gasteiger partial charge in [0, 0.05) is 29.5 Å². The maximum atomic E-state index is 13.4. The highest BCUT2D eigenvalue weighted by atomic mass is 35.5. The molecule has 7 nitrogen and oxygen atoms in total. The van der Waals surface area contributed by atoms with E-state index in [1.807, 2.05) is 10.8 Å². The molecule has 0 saturated heterocycles. The third kappa shape index (κ3) is 4.22. The molecule has 9 heteroatoms. The Morgan fingerprint density at radius 2 is 2.07 bits per heavy atom. The average molecular weight is 414 g/mol. The molecular formula is C20H17ClFN5O2. The molecule has 0 bridgehead atoms. The Bertz CT molecular complexity index is 1140. The highest BCUT2D eigenvalue weighted by Gasteiger charge is 2.12. The van der Waals surface area contributed by atoms with Crippen LogP contribution in [0.5, 0.6) is 11.5 Å². The molecule has 4 aromatic rings. The van der Waals surface area contributed by atoms with Crippen LogP contribution in [-0.2, 0) is 6.54 Å². The molecule has 148 valence electrons. The lowest BCUT2D eigenvalue weighted by atomic mass is 10.2. The molecule has 2 heterocycles. The van der Waals surface area contributed by atoms with Gasteiger partial charge in [-0.05, 0) is 24.3 Å². The van der Waals surface area contributed by atoms with Crippen LogP contribution < -0.4 is 14.8 Å². The van der Waals surface area contributed by atoms with E-state index in [9.17, 15) is 4.39 Å². The van der Waals surface area contributed by atoms with Gasteiger partial charge >= 0.3 is 0 Å². The Kier molecular flexibility index (Phi) is 5.44. The Balaban J connectivity index is 1.61. The van der Waals surface area contributed by atoms with E-state index in [1.54, 1.807) is 37.8 Å². The molecule has 29 heavy (non-hydrogen) atoms. The number of imidazole rings is 1. The van der Waals surface area contributed by atoms with Crippen LogP contribution in [0.25, 0.3) is 10.9 Å². The third-order valence-electron chi connectivity index (χ3n) is 4.27. The van der Waals surface area contributed by atoms with Gasteiger partial charge in [0.1, 0.15) is 24.6 Å². The number of rotatable bonds is 7. The number of hydrogen-bond donors (Lipinski definition) is 1. The van der Waals surface area contributed by atoms with Gasteiger partial charge in [-0.3, -0.25) is 0 Å². The van der Waals surface area contributed by atoms with E-state index >= 15 is 0 Å².